The second-order valence-corrected chi connectivity index (χ2v) is 6.31. The Morgan fingerprint density at radius 1 is 1.50 bits per heavy atom. The maximum Gasteiger partial charge on any atom is 0.326 e. The average Bonchev–Trinajstić information content (AvgIpc) is 2.75. The molecule has 2 heterocycles. The van der Waals surface area contributed by atoms with Crippen LogP contribution >= 0.6 is 11.3 Å². The Hall–Kier alpha value is -1.47. The van der Waals surface area contributed by atoms with Crippen LogP contribution in [0.4, 0.5) is 0 Å². The van der Waals surface area contributed by atoms with Gasteiger partial charge in [-0.15, -0.1) is 11.3 Å². The Bertz CT molecular complexity index is 508. The van der Waals surface area contributed by atoms with Gasteiger partial charge < -0.3 is 15.2 Å². The third-order valence-electron chi connectivity index (χ3n) is 3.34. The van der Waals surface area contributed by atoms with E-state index in [0.29, 0.717) is 18.9 Å². The van der Waals surface area contributed by atoms with Crippen molar-refractivity contribution in [2.45, 2.75) is 32.7 Å². The van der Waals surface area contributed by atoms with Crippen LogP contribution < -0.4 is 5.32 Å². The van der Waals surface area contributed by atoms with E-state index in [1.165, 1.54) is 11.3 Å². The molecule has 2 N–H and O–H groups in total. The molecule has 1 saturated heterocycles. The zero-order valence-electron chi connectivity index (χ0n) is 11.5. The van der Waals surface area contributed by atoms with Crippen LogP contribution in [-0.2, 0) is 9.53 Å². The summed E-state index contributed by atoms with van der Waals surface area (Å²) in [7, 11) is 0. The molecule has 1 fully saturated rings. The molecule has 1 amide bonds. The second-order valence-electron chi connectivity index (χ2n) is 4.90. The molecule has 1 aromatic heterocycles. The molecule has 0 radical (unpaired) electrons. The number of carboxylic acids is 1. The number of carbonyl (C=O) groups is 2. The monoisotopic (exact) mass is 298 g/mol. The molecule has 6 nitrogen and oxygen atoms in total. The minimum Gasteiger partial charge on any atom is -0.480 e. The number of ether oxygens (including phenoxy) is 1. The van der Waals surface area contributed by atoms with Gasteiger partial charge in [0.05, 0.1) is 11.6 Å². The molecule has 1 aliphatic rings. The number of nitrogens with zero attached hydrogens (tertiary/aromatic N) is 1. The number of aliphatic carboxylic acids is 1. The van der Waals surface area contributed by atoms with Crippen LogP contribution in [0, 0.1) is 19.8 Å². The third-order valence-corrected chi connectivity index (χ3v) is 4.22. The van der Waals surface area contributed by atoms with Crippen LogP contribution in [0.5, 0.6) is 0 Å². The number of aromatic nitrogens is 1. The molecule has 0 spiro atoms. The molecule has 0 aliphatic carbocycles. The van der Waals surface area contributed by atoms with E-state index in [1.54, 1.807) is 6.92 Å². The van der Waals surface area contributed by atoms with Gasteiger partial charge in [-0.3, -0.25) is 4.79 Å². The van der Waals surface area contributed by atoms with E-state index in [4.69, 9.17) is 4.74 Å². The van der Waals surface area contributed by atoms with Crippen molar-refractivity contribution in [1.82, 2.24) is 10.3 Å². The Balaban J connectivity index is 2.09. The Morgan fingerprint density at radius 2 is 2.25 bits per heavy atom. The number of carboxylic acid groups (broad SMARTS) is 1. The molecule has 2 unspecified atom stereocenters. The first-order valence-electron chi connectivity index (χ1n) is 6.54. The number of amides is 1. The first kappa shape index (κ1) is 14.9. The quantitative estimate of drug-likeness (QED) is 0.876. The fourth-order valence-electron chi connectivity index (χ4n) is 2.36. The fraction of sp³-hybridized carbons (Fsp3) is 0.615. The summed E-state index contributed by atoms with van der Waals surface area (Å²) in [5.74, 6) is -1.64. The van der Waals surface area contributed by atoms with Gasteiger partial charge in [0.1, 0.15) is 11.7 Å². The van der Waals surface area contributed by atoms with Gasteiger partial charge in [-0.1, -0.05) is 0 Å². The van der Waals surface area contributed by atoms with E-state index >= 15 is 0 Å². The highest BCUT2D eigenvalue weighted by molar-refractivity contribution is 7.11. The maximum atomic E-state index is 12.2. The fourth-order valence-corrected chi connectivity index (χ4v) is 3.17. The van der Waals surface area contributed by atoms with E-state index in [9.17, 15) is 14.7 Å². The van der Waals surface area contributed by atoms with Crippen LogP contribution in [-0.4, -0.2) is 41.2 Å². The first-order chi connectivity index (χ1) is 9.49. The van der Waals surface area contributed by atoms with Crippen LogP contribution in [0.2, 0.25) is 0 Å². The summed E-state index contributed by atoms with van der Waals surface area (Å²) >= 11 is 1.42. The number of hydrogen-bond donors (Lipinski definition) is 2. The minimum absolute atomic E-state index is 0.190. The van der Waals surface area contributed by atoms with E-state index in [-0.39, 0.29) is 5.92 Å². The molecule has 1 aliphatic heterocycles. The lowest BCUT2D eigenvalue weighted by molar-refractivity contribution is -0.142. The SMILES string of the molecule is Cc1nc(C(=O)NC(C(=O)O)C2CCCOC2)c(C)s1. The van der Waals surface area contributed by atoms with Crippen molar-refractivity contribution in [2.75, 3.05) is 13.2 Å². The molecular weight excluding hydrogens is 280 g/mol. The van der Waals surface area contributed by atoms with E-state index in [1.807, 2.05) is 6.92 Å². The van der Waals surface area contributed by atoms with E-state index < -0.39 is 17.9 Å². The molecule has 7 heteroatoms. The van der Waals surface area contributed by atoms with Gasteiger partial charge in [0.15, 0.2) is 0 Å². The smallest absolute Gasteiger partial charge is 0.326 e. The van der Waals surface area contributed by atoms with Crippen molar-refractivity contribution in [3.05, 3.63) is 15.6 Å². The standard InChI is InChI=1S/C13H18N2O4S/c1-7-10(14-8(2)20-7)12(16)15-11(13(17)18)9-4-3-5-19-6-9/h9,11H,3-6H2,1-2H3,(H,15,16)(H,17,18). The topological polar surface area (TPSA) is 88.5 Å². The van der Waals surface area contributed by atoms with Gasteiger partial charge in [0.25, 0.3) is 5.91 Å². The number of nitrogens with one attached hydrogen (secondary N) is 1. The van der Waals surface area contributed by atoms with E-state index in [2.05, 4.69) is 10.3 Å². The van der Waals surface area contributed by atoms with Crippen molar-refractivity contribution < 1.29 is 19.4 Å². The van der Waals surface area contributed by atoms with Crippen molar-refractivity contribution in [2.24, 2.45) is 5.92 Å². The van der Waals surface area contributed by atoms with Crippen LogP contribution in [0.25, 0.3) is 0 Å². The lowest BCUT2D eigenvalue weighted by Gasteiger charge is -2.27. The Morgan fingerprint density at radius 3 is 2.75 bits per heavy atom. The molecule has 2 atom stereocenters. The zero-order chi connectivity index (χ0) is 14.7. The highest BCUT2D eigenvalue weighted by Gasteiger charge is 2.32. The predicted molar refractivity (Wildman–Crippen MR) is 74.0 cm³/mol. The molecule has 2 rings (SSSR count). The lowest BCUT2D eigenvalue weighted by Crippen LogP contribution is -2.48. The van der Waals surface area contributed by atoms with Gasteiger partial charge in [-0.25, -0.2) is 9.78 Å². The summed E-state index contributed by atoms with van der Waals surface area (Å²) in [6.07, 6.45) is 1.56. The third kappa shape index (κ3) is 3.34. The molecule has 110 valence electrons. The number of hydrogen-bond acceptors (Lipinski definition) is 5. The van der Waals surface area contributed by atoms with Crippen molar-refractivity contribution in [1.29, 1.82) is 0 Å². The number of thiazole rings is 1. The van der Waals surface area contributed by atoms with Crippen molar-refractivity contribution in [3.63, 3.8) is 0 Å². The Labute approximate surface area is 121 Å². The van der Waals surface area contributed by atoms with Crippen molar-refractivity contribution in [3.8, 4) is 0 Å². The number of aryl methyl sites for hydroxylation is 2. The van der Waals surface area contributed by atoms with Gasteiger partial charge in [-0.2, -0.15) is 0 Å². The average molecular weight is 298 g/mol. The van der Waals surface area contributed by atoms with Gasteiger partial charge >= 0.3 is 5.97 Å². The molecular formula is C13H18N2O4S. The summed E-state index contributed by atoms with van der Waals surface area (Å²) in [5, 5.41) is 12.7. The highest BCUT2D eigenvalue weighted by atomic mass is 32.1. The highest BCUT2D eigenvalue weighted by Crippen LogP contribution is 2.20. The molecule has 0 aromatic carbocycles. The second kappa shape index (κ2) is 6.32. The molecule has 1 aromatic rings. The first-order valence-corrected chi connectivity index (χ1v) is 7.36. The molecule has 0 saturated carbocycles. The predicted octanol–water partition coefficient (Wildman–Crippen LogP) is 1.37. The minimum atomic E-state index is -1.03. The molecule has 0 bridgehead atoms. The van der Waals surface area contributed by atoms with Gasteiger partial charge in [-0.05, 0) is 26.7 Å². The summed E-state index contributed by atoms with van der Waals surface area (Å²) in [5.41, 5.74) is 0.315. The largest absolute Gasteiger partial charge is 0.480 e. The van der Waals surface area contributed by atoms with Crippen LogP contribution in [0.1, 0.15) is 33.2 Å². The lowest BCUT2D eigenvalue weighted by atomic mass is 9.93. The summed E-state index contributed by atoms with van der Waals surface area (Å²) in [4.78, 5) is 28.5. The summed E-state index contributed by atoms with van der Waals surface area (Å²) in [6, 6.07) is -0.927. The zero-order valence-corrected chi connectivity index (χ0v) is 12.3. The number of rotatable bonds is 4. The summed E-state index contributed by atoms with van der Waals surface area (Å²) in [6.45, 7) is 4.64. The Kier molecular flexibility index (Phi) is 4.72. The normalized spacial score (nSPS) is 20.4. The van der Waals surface area contributed by atoms with E-state index in [0.717, 1.165) is 22.7 Å². The number of carbonyl (C=O) groups excluding carboxylic acids is 1. The summed E-state index contributed by atoms with van der Waals surface area (Å²) < 4.78 is 5.30. The van der Waals surface area contributed by atoms with Crippen LogP contribution in [0.3, 0.4) is 0 Å². The van der Waals surface area contributed by atoms with Gasteiger partial charge in [0.2, 0.25) is 0 Å². The van der Waals surface area contributed by atoms with Crippen LogP contribution in [0.15, 0.2) is 0 Å². The molecule has 20 heavy (non-hydrogen) atoms. The maximum absolute atomic E-state index is 12.2. The van der Waals surface area contributed by atoms with Gasteiger partial charge in [0, 0.05) is 17.4 Å². The van der Waals surface area contributed by atoms with Crippen molar-refractivity contribution >= 4 is 23.2 Å².